The van der Waals surface area contributed by atoms with Crippen LogP contribution in [-0.4, -0.2) is 58.2 Å². The van der Waals surface area contributed by atoms with Crippen LogP contribution in [0, 0.1) is 0 Å². The van der Waals surface area contributed by atoms with Gasteiger partial charge in [0.2, 0.25) is 15.9 Å². The molecule has 0 bridgehead atoms. The minimum atomic E-state index is -3.43. The first-order valence-corrected chi connectivity index (χ1v) is 10.5. The fourth-order valence-electron chi connectivity index (χ4n) is 3.24. The summed E-state index contributed by atoms with van der Waals surface area (Å²) in [5, 5.41) is 0. The molecule has 7 nitrogen and oxygen atoms in total. The van der Waals surface area contributed by atoms with Crippen molar-refractivity contribution in [3.63, 3.8) is 0 Å². The summed E-state index contributed by atoms with van der Waals surface area (Å²) in [5.74, 6) is 0.930. The summed E-state index contributed by atoms with van der Waals surface area (Å²) < 4.78 is 37.0. The van der Waals surface area contributed by atoms with Crippen molar-refractivity contribution in [2.45, 2.75) is 38.6 Å². The molecular formula is C18H28N2O5S. The molecule has 1 fully saturated rings. The number of sulfonamides is 1. The third-order valence-corrected chi connectivity index (χ3v) is 6.72. The first-order chi connectivity index (χ1) is 12.4. The molecule has 1 unspecified atom stereocenters. The smallest absolute Gasteiger partial charge is 0.245 e. The highest BCUT2D eigenvalue weighted by atomic mass is 32.2. The molecule has 1 aromatic rings. The van der Waals surface area contributed by atoms with Gasteiger partial charge in [0.25, 0.3) is 0 Å². The first-order valence-electron chi connectivity index (χ1n) is 8.84. The molecule has 0 aliphatic carbocycles. The van der Waals surface area contributed by atoms with Gasteiger partial charge in [-0.1, -0.05) is 13.3 Å². The number of amides is 1. The molecule has 0 saturated carbocycles. The van der Waals surface area contributed by atoms with Crippen LogP contribution < -0.4 is 14.4 Å². The Balaban J connectivity index is 2.28. The fraction of sp³-hybridized carbons (Fsp3) is 0.611. The van der Waals surface area contributed by atoms with E-state index in [1.54, 1.807) is 32.4 Å². The van der Waals surface area contributed by atoms with Crippen molar-refractivity contribution in [1.82, 2.24) is 4.31 Å². The van der Waals surface area contributed by atoms with Gasteiger partial charge >= 0.3 is 0 Å². The Morgan fingerprint density at radius 2 is 1.92 bits per heavy atom. The number of nitrogens with zero attached hydrogens (tertiary/aromatic N) is 2. The summed E-state index contributed by atoms with van der Waals surface area (Å²) in [6.45, 7) is 2.23. The van der Waals surface area contributed by atoms with Crippen LogP contribution in [0.5, 0.6) is 11.5 Å². The van der Waals surface area contributed by atoms with Crippen LogP contribution in [0.3, 0.4) is 0 Å². The molecule has 1 amide bonds. The number of carbonyl (C=O) groups excluding carboxylic acids is 1. The van der Waals surface area contributed by atoms with Gasteiger partial charge in [-0.05, 0) is 31.4 Å². The van der Waals surface area contributed by atoms with E-state index in [9.17, 15) is 13.2 Å². The van der Waals surface area contributed by atoms with Crippen molar-refractivity contribution >= 4 is 21.6 Å². The molecule has 0 spiro atoms. The molecule has 1 saturated heterocycles. The Morgan fingerprint density at radius 3 is 2.54 bits per heavy atom. The van der Waals surface area contributed by atoms with E-state index in [-0.39, 0.29) is 11.7 Å². The van der Waals surface area contributed by atoms with Gasteiger partial charge in [-0.3, -0.25) is 4.79 Å². The Morgan fingerprint density at radius 1 is 1.23 bits per heavy atom. The van der Waals surface area contributed by atoms with Crippen LogP contribution in [0.15, 0.2) is 18.2 Å². The van der Waals surface area contributed by atoms with Crippen molar-refractivity contribution in [3.05, 3.63) is 18.2 Å². The second kappa shape index (κ2) is 8.73. The average molecular weight is 384 g/mol. The van der Waals surface area contributed by atoms with Crippen LogP contribution in [0.2, 0.25) is 0 Å². The molecule has 2 rings (SSSR count). The van der Waals surface area contributed by atoms with Gasteiger partial charge in [-0.15, -0.1) is 0 Å². The lowest BCUT2D eigenvalue weighted by Crippen LogP contribution is -2.52. The van der Waals surface area contributed by atoms with Gasteiger partial charge in [-0.2, -0.15) is 4.31 Å². The molecule has 0 aromatic heterocycles. The molecule has 1 aliphatic heterocycles. The third-order valence-electron chi connectivity index (χ3n) is 4.64. The molecule has 146 valence electrons. The molecule has 1 aliphatic rings. The minimum Gasteiger partial charge on any atom is -0.493 e. The lowest BCUT2D eigenvalue weighted by atomic mass is 10.0. The number of benzene rings is 1. The number of ether oxygens (including phenoxy) is 2. The van der Waals surface area contributed by atoms with Crippen LogP contribution >= 0.6 is 0 Å². The molecule has 0 N–H and O–H groups in total. The van der Waals surface area contributed by atoms with E-state index >= 15 is 0 Å². The highest BCUT2D eigenvalue weighted by Crippen LogP contribution is 2.32. The normalized spacial score (nSPS) is 18.4. The summed E-state index contributed by atoms with van der Waals surface area (Å²) >= 11 is 0. The van der Waals surface area contributed by atoms with Crippen molar-refractivity contribution in [2.24, 2.45) is 0 Å². The maximum absolute atomic E-state index is 13.1. The van der Waals surface area contributed by atoms with Gasteiger partial charge in [0.15, 0.2) is 11.5 Å². The molecule has 1 heterocycles. The largest absolute Gasteiger partial charge is 0.493 e. The van der Waals surface area contributed by atoms with Crippen molar-refractivity contribution in [2.75, 3.05) is 38.5 Å². The third kappa shape index (κ3) is 4.29. The van der Waals surface area contributed by atoms with E-state index in [1.807, 2.05) is 6.92 Å². The van der Waals surface area contributed by atoms with Crippen LogP contribution in [-0.2, 0) is 14.8 Å². The summed E-state index contributed by atoms with van der Waals surface area (Å²) in [7, 11) is 1.31. The molecule has 8 heteroatoms. The maximum Gasteiger partial charge on any atom is 0.245 e. The van der Waals surface area contributed by atoms with E-state index in [2.05, 4.69) is 0 Å². The van der Waals surface area contributed by atoms with E-state index in [0.717, 1.165) is 12.8 Å². The van der Waals surface area contributed by atoms with Crippen LogP contribution in [0.1, 0.15) is 32.6 Å². The summed E-state index contributed by atoms with van der Waals surface area (Å²) in [5.41, 5.74) is 0.631. The lowest BCUT2D eigenvalue weighted by molar-refractivity contribution is -0.122. The van der Waals surface area contributed by atoms with Crippen molar-refractivity contribution < 1.29 is 22.7 Å². The van der Waals surface area contributed by atoms with E-state index in [1.165, 1.54) is 16.3 Å². The highest BCUT2D eigenvalue weighted by Gasteiger charge is 2.37. The van der Waals surface area contributed by atoms with Gasteiger partial charge in [0.1, 0.15) is 6.04 Å². The standard InChI is InChI=1S/C18H28N2O5S/c1-5-12-26(22,23)20-11-7-6-8-15(20)18(21)19(2)14-9-10-16(24-3)17(13-14)25-4/h9-10,13,15H,5-8,11-12H2,1-4H3. The molecule has 1 aromatic carbocycles. The van der Waals surface area contributed by atoms with E-state index < -0.39 is 16.1 Å². The number of rotatable bonds is 7. The minimum absolute atomic E-state index is 0.0663. The van der Waals surface area contributed by atoms with E-state index in [0.29, 0.717) is 36.6 Å². The Bertz CT molecular complexity index is 735. The number of anilines is 1. The zero-order valence-electron chi connectivity index (χ0n) is 15.9. The number of methoxy groups -OCH3 is 2. The number of likely N-dealkylation sites (N-methyl/N-ethyl adjacent to an activating group) is 1. The van der Waals surface area contributed by atoms with Crippen LogP contribution in [0.25, 0.3) is 0 Å². The maximum atomic E-state index is 13.1. The quantitative estimate of drug-likeness (QED) is 0.721. The summed E-state index contributed by atoms with van der Waals surface area (Å²) in [6.07, 6.45) is 2.70. The number of piperidine rings is 1. The number of carbonyl (C=O) groups is 1. The second-order valence-electron chi connectivity index (χ2n) is 6.37. The number of hydrogen-bond donors (Lipinski definition) is 0. The van der Waals surface area contributed by atoms with Gasteiger partial charge < -0.3 is 14.4 Å². The Hall–Kier alpha value is -1.80. The SMILES string of the molecule is CCCS(=O)(=O)N1CCCCC1C(=O)N(C)c1ccc(OC)c(OC)c1. The molecule has 1 atom stereocenters. The molecular weight excluding hydrogens is 356 g/mol. The topological polar surface area (TPSA) is 76.2 Å². The molecule has 0 radical (unpaired) electrons. The highest BCUT2D eigenvalue weighted by molar-refractivity contribution is 7.89. The average Bonchev–Trinajstić information content (AvgIpc) is 2.66. The van der Waals surface area contributed by atoms with Gasteiger partial charge in [0, 0.05) is 25.3 Å². The predicted octanol–water partition coefficient (Wildman–Crippen LogP) is 2.26. The zero-order valence-corrected chi connectivity index (χ0v) is 16.7. The van der Waals surface area contributed by atoms with Gasteiger partial charge in [0.05, 0.1) is 20.0 Å². The summed E-state index contributed by atoms with van der Waals surface area (Å²) in [6, 6.07) is 4.54. The fourth-order valence-corrected chi connectivity index (χ4v) is 4.99. The lowest BCUT2D eigenvalue weighted by Gasteiger charge is -2.35. The van der Waals surface area contributed by atoms with Crippen LogP contribution in [0.4, 0.5) is 5.69 Å². The summed E-state index contributed by atoms with van der Waals surface area (Å²) in [4.78, 5) is 14.6. The first kappa shape index (κ1) is 20.5. The van der Waals surface area contributed by atoms with Gasteiger partial charge in [-0.25, -0.2) is 8.42 Å². The number of hydrogen-bond acceptors (Lipinski definition) is 5. The second-order valence-corrected chi connectivity index (χ2v) is 8.42. The monoisotopic (exact) mass is 384 g/mol. The Labute approximate surface area is 155 Å². The van der Waals surface area contributed by atoms with E-state index in [4.69, 9.17) is 9.47 Å². The van der Waals surface area contributed by atoms with Crippen molar-refractivity contribution in [3.8, 4) is 11.5 Å². The Kier molecular flexibility index (Phi) is 6.88. The zero-order chi connectivity index (χ0) is 19.3. The van der Waals surface area contributed by atoms with Crippen molar-refractivity contribution in [1.29, 1.82) is 0 Å². The predicted molar refractivity (Wildman–Crippen MR) is 101 cm³/mol. The molecule has 26 heavy (non-hydrogen) atoms.